The molecule has 0 bridgehead atoms. The average Bonchev–Trinajstić information content (AvgIpc) is 2.40. The van der Waals surface area contributed by atoms with Crippen LogP contribution in [0, 0.1) is 11.6 Å². The first-order valence-electron chi connectivity index (χ1n) is 5.78. The molecule has 1 heterocycles. The zero-order valence-corrected chi connectivity index (χ0v) is 9.92. The van der Waals surface area contributed by atoms with Crippen molar-refractivity contribution in [2.24, 2.45) is 5.73 Å². The number of fused-ring (bicyclic) bond motifs is 1. The zero-order valence-electron chi connectivity index (χ0n) is 9.92. The summed E-state index contributed by atoms with van der Waals surface area (Å²) in [4.78, 5) is 3.78. The summed E-state index contributed by atoms with van der Waals surface area (Å²) in [6.07, 6.45) is 0.909. The normalized spacial score (nSPS) is 15.8. The number of nitrogens with zero attached hydrogens (tertiary/aromatic N) is 2. The maximum Gasteiger partial charge on any atom is 0.151 e. The largest absolute Gasteiger partial charge is 0.373 e. The van der Waals surface area contributed by atoms with Crippen LogP contribution >= 0.6 is 0 Å². The van der Waals surface area contributed by atoms with Crippen LogP contribution in [0.4, 0.5) is 20.2 Å². The molecule has 1 aliphatic heterocycles. The van der Waals surface area contributed by atoms with Crippen molar-refractivity contribution < 1.29 is 8.78 Å². The molecule has 3 nitrogen and oxygen atoms in total. The van der Waals surface area contributed by atoms with E-state index in [-0.39, 0.29) is 0 Å². The molecule has 0 aromatic heterocycles. The summed E-state index contributed by atoms with van der Waals surface area (Å²) in [6.45, 7) is 2.58. The summed E-state index contributed by atoms with van der Waals surface area (Å²) < 4.78 is 27.2. The zero-order chi connectivity index (χ0) is 12.4. The summed E-state index contributed by atoms with van der Waals surface area (Å²) in [6, 6.07) is 2.31. The second-order valence-corrected chi connectivity index (χ2v) is 4.31. The highest BCUT2D eigenvalue weighted by Crippen LogP contribution is 2.34. The fourth-order valence-corrected chi connectivity index (χ4v) is 2.27. The van der Waals surface area contributed by atoms with Gasteiger partial charge in [-0.05, 0) is 12.5 Å². The van der Waals surface area contributed by atoms with Crippen LogP contribution in [0.2, 0.25) is 0 Å². The van der Waals surface area contributed by atoms with E-state index in [1.807, 2.05) is 16.8 Å². The summed E-state index contributed by atoms with van der Waals surface area (Å²) in [5.74, 6) is -1.05. The van der Waals surface area contributed by atoms with E-state index in [4.69, 9.17) is 5.73 Å². The molecule has 0 atom stereocenters. The minimum atomic E-state index is -0.539. The lowest BCUT2D eigenvalue weighted by Crippen LogP contribution is -2.30. The standard InChI is InChI=1S/C12H17F2N3/c1-16-4-2-5-17(6-3-15)12-10(14)7-9(13)8-11(12)16/h7-8H,2-6,15H2,1H3. The maximum atomic E-state index is 13.9. The van der Waals surface area contributed by atoms with E-state index in [9.17, 15) is 8.78 Å². The highest BCUT2D eigenvalue weighted by atomic mass is 19.1. The number of anilines is 2. The Bertz CT molecular complexity index is 409. The van der Waals surface area contributed by atoms with E-state index in [1.54, 1.807) is 0 Å². The quantitative estimate of drug-likeness (QED) is 0.853. The Morgan fingerprint density at radius 2 is 2.06 bits per heavy atom. The van der Waals surface area contributed by atoms with Crippen LogP contribution in [0.1, 0.15) is 6.42 Å². The van der Waals surface area contributed by atoms with Gasteiger partial charge in [-0.3, -0.25) is 0 Å². The Balaban J connectivity index is 2.50. The SMILES string of the molecule is CN1CCCN(CCN)c2c(F)cc(F)cc21. The van der Waals surface area contributed by atoms with Gasteiger partial charge in [0.2, 0.25) is 0 Å². The van der Waals surface area contributed by atoms with Gasteiger partial charge in [0.05, 0.1) is 11.4 Å². The minimum Gasteiger partial charge on any atom is -0.373 e. The molecule has 2 N–H and O–H groups in total. The van der Waals surface area contributed by atoms with E-state index >= 15 is 0 Å². The van der Waals surface area contributed by atoms with Crippen molar-refractivity contribution in [3.8, 4) is 0 Å². The van der Waals surface area contributed by atoms with Gasteiger partial charge >= 0.3 is 0 Å². The molecule has 0 aliphatic carbocycles. The Hall–Kier alpha value is -1.36. The molecule has 0 unspecified atom stereocenters. The summed E-state index contributed by atoms with van der Waals surface area (Å²) >= 11 is 0. The molecule has 0 fully saturated rings. The number of hydrogen-bond donors (Lipinski definition) is 1. The van der Waals surface area contributed by atoms with Gasteiger partial charge in [0.15, 0.2) is 5.82 Å². The molecular weight excluding hydrogens is 224 g/mol. The Morgan fingerprint density at radius 3 is 2.76 bits per heavy atom. The first kappa shape index (κ1) is 12.1. The lowest BCUT2D eigenvalue weighted by atomic mass is 10.2. The average molecular weight is 241 g/mol. The van der Waals surface area contributed by atoms with Crippen molar-refractivity contribution in [1.29, 1.82) is 0 Å². The fraction of sp³-hybridized carbons (Fsp3) is 0.500. The van der Waals surface area contributed by atoms with Gasteiger partial charge < -0.3 is 15.5 Å². The molecule has 0 saturated heterocycles. The third-order valence-corrected chi connectivity index (χ3v) is 3.06. The van der Waals surface area contributed by atoms with Crippen LogP contribution in [0.15, 0.2) is 12.1 Å². The predicted octanol–water partition coefficient (Wildman–Crippen LogP) is 1.57. The van der Waals surface area contributed by atoms with Crippen LogP contribution in [0.3, 0.4) is 0 Å². The third-order valence-electron chi connectivity index (χ3n) is 3.06. The second kappa shape index (κ2) is 4.87. The van der Waals surface area contributed by atoms with Gasteiger partial charge in [-0.15, -0.1) is 0 Å². The fourth-order valence-electron chi connectivity index (χ4n) is 2.27. The highest BCUT2D eigenvalue weighted by Gasteiger charge is 2.22. The molecule has 17 heavy (non-hydrogen) atoms. The van der Waals surface area contributed by atoms with Gasteiger partial charge in [0.25, 0.3) is 0 Å². The smallest absolute Gasteiger partial charge is 0.151 e. The van der Waals surface area contributed by atoms with Crippen LogP contribution in [0.5, 0.6) is 0 Å². The molecule has 1 aliphatic rings. The van der Waals surface area contributed by atoms with Crippen LogP contribution in [-0.4, -0.2) is 33.2 Å². The molecule has 0 amide bonds. The summed E-state index contributed by atoms with van der Waals surface area (Å²) in [7, 11) is 1.85. The maximum absolute atomic E-state index is 13.9. The van der Waals surface area contributed by atoms with E-state index in [0.29, 0.717) is 24.5 Å². The Morgan fingerprint density at radius 1 is 1.29 bits per heavy atom. The van der Waals surface area contributed by atoms with Crippen molar-refractivity contribution in [2.75, 3.05) is 43.0 Å². The van der Waals surface area contributed by atoms with E-state index < -0.39 is 11.6 Å². The number of halogens is 2. The van der Waals surface area contributed by atoms with Gasteiger partial charge in [-0.25, -0.2) is 8.78 Å². The molecule has 0 spiro atoms. The van der Waals surface area contributed by atoms with Gasteiger partial charge in [-0.2, -0.15) is 0 Å². The van der Waals surface area contributed by atoms with E-state index in [1.165, 1.54) is 6.07 Å². The molecule has 94 valence electrons. The van der Waals surface area contributed by atoms with Crippen molar-refractivity contribution >= 4 is 11.4 Å². The number of benzene rings is 1. The van der Waals surface area contributed by atoms with Crippen molar-refractivity contribution in [2.45, 2.75) is 6.42 Å². The first-order chi connectivity index (χ1) is 8.13. The molecule has 0 radical (unpaired) electrons. The lowest BCUT2D eigenvalue weighted by molar-refractivity contribution is 0.579. The number of hydrogen-bond acceptors (Lipinski definition) is 3. The molecule has 0 saturated carbocycles. The molecule has 1 aromatic rings. The molecular formula is C12H17F2N3. The first-order valence-corrected chi connectivity index (χ1v) is 5.78. The third kappa shape index (κ3) is 2.34. The van der Waals surface area contributed by atoms with Crippen molar-refractivity contribution in [1.82, 2.24) is 0 Å². The number of nitrogens with two attached hydrogens (primary N) is 1. The van der Waals surface area contributed by atoms with Crippen LogP contribution in [0.25, 0.3) is 0 Å². The Kier molecular flexibility index (Phi) is 3.47. The van der Waals surface area contributed by atoms with Crippen molar-refractivity contribution in [3.05, 3.63) is 23.8 Å². The van der Waals surface area contributed by atoms with E-state index in [0.717, 1.165) is 25.6 Å². The minimum absolute atomic E-state index is 0.458. The second-order valence-electron chi connectivity index (χ2n) is 4.31. The molecule has 1 aromatic carbocycles. The number of rotatable bonds is 2. The van der Waals surface area contributed by atoms with Crippen LogP contribution < -0.4 is 15.5 Å². The Labute approximate surface area is 99.8 Å². The van der Waals surface area contributed by atoms with Gasteiger partial charge in [0.1, 0.15) is 5.82 Å². The van der Waals surface area contributed by atoms with Crippen LogP contribution in [-0.2, 0) is 0 Å². The van der Waals surface area contributed by atoms with Gasteiger partial charge in [0, 0.05) is 39.3 Å². The molecule has 2 rings (SSSR count). The topological polar surface area (TPSA) is 32.5 Å². The van der Waals surface area contributed by atoms with E-state index in [2.05, 4.69) is 0 Å². The predicted molar refractivity (Wildman–Crippen MR) is 65.5 cm³/mol. The lowest BCUT2D eigenvalue weighted by Gasteiger charge is -2.26. The summed E-state index contributed by atoms with van der Waals surface area (Å²) in [5, 5.41) is 0. The van der Waals surface area contributed by atoms with Crippen molar-refractivity contribution in [3.63, 3.8) is 0 Å². The molecule has 5 heteroatoms. The monoisotopic (exact) mass is 241 g/mol. The highest BCUT2D eigenvalue weighted by molar-refractivity contribution is 5.72. The summed E-state index contributed by atoms with van der Waals surface area (Å²) in [5.41, 5.74) is 6.60. The van der Waals surface area contributed by atoms with Gasteiger partial charge in [-0.1, -0.05) is 0 Å².